The van der Waals surface area contributed by atoms with Crippen molar-refractivity contribution in [1.29, 1.82) is 0 Å². The molecule has 0 fully saturated rings. The van der Waals surface area contributed by atoms with Crippen molar-refractivity contribution in [2.24, 2.45) is 0 Å². The third-order valence-electron chi connectivity index (χ3n) is 2.42. The van der Waals surface area contributed by atoms with Gasteiger partial charge in [0.05, 0.1) is 5.69 Å². The van der Waals surface area contributed by atoms with Gasteiger partial charge in [0.1, 0.15) is 4.21 Å². The van der Waals surface area contributed by atoms with Gasteiger partial charge in [-0.2, -0.15) is 0 Å². The van der Waals surface area contributed by atoms with Crippen LogP contribution in [0.1, 0.15) is 10.4 Å². The fourth-order valence-electron chi connectivity index (χ4n) is 1.48. The van der Waals surface area contributed by atoms with E-state index >= 15 is 0 Å². The van der Waals surface area contributed by atoms with Crippen LogP contribution in [0.2, 0.25) is 0 Å². The average Bonchev–Trinajstić information content (AvgIpc) is 2.72. The summed E-state index contributed by atoms with van der Waals surface area (Å²) in [5, 5.41) is 0. The molecule has 0 aliphatic rings. The number of thiophene rings is 1. The standard InChI is InChI=1S/C12H12BrNO2S2/c1-8-4-3-5-10(12(8)13)14-18(15,16)11-7-6-9(2)17-11/h3-7,14H,1-2H3. The van der Waals surface area contributed by atoms with Gasteiger partial charge in [-0.1, -0.05) is 12.1 Å². The molecule has 1 aromatic carbocycles. The van der Waals surface area contributed by atoms with Gasteiger partial charge in [0.25, 0.3) is 10.0 Å². The Hall–Kier alpha value is -0.850. The van der Waals surface area contributed by atoms with Gasteiger partial charge in [-0.05, 0) is 53.5 Å². The number of aryl methyl sites for hydroxylation is 2. The number of sulfonamides is 1. The van der Waals surface area contributed by atoms with Crippen molar-refractivity contribution in [2.75, 3.05) is 4.72 Å². The van der Waals surface area contributed by atoms with Crippen LogP contribution in [0.3, 0.4) is 0 Å². The van der Waals surface area contributed by atoms with Crippen LogP contribution >= 0.6 is 27.3 Å². The topological polar surface area (TPSA) is 46.2 Å². The molecular weight excluding hydrogens is 334 g/mol. The van der Waals surface area contributed by atoms with E-state index in [1.54, 1.807) is 18.2 Å². The van der Waals surface area contributed by atoms with E-state index < -0.39 is 10.0 Å². The third-order valence-corrected chi connectivity index (χ3v) is 6.33. The molecule has 1 N–H and O–H groups in total. The first kappa shape index (κ1) is 13.6. The number of rotatable bonds is 3. The van der Waals surface area contributed by atoms with Gasteiger partial charge in [0.2, 0.25) is 0 Å². The van der Waals surface area contributed by atoms with Crippen molar-refractivity contribution < 1.29 is 8.42 Å². The van der Waals surface area contributed by atoms with E-state index in [-0.39, 0.29) is 0 Å². The summed E-state index contributed by atoms with van der Waals surface area (Å²) >= 11 is 4.65. The van der Waals surface area contributed by atoms with Crippen LogP contribution in [0.25, 0.3) is 0 Å². The van der Waals surface area contributed by atoms with Gasteiger partial charge in [-0.3, -0.25) is 4.72 Å². The predicted molar refractivity (Wildman–Crippen MR) is 78.7 cm³/mol. The molecule has 1 heterocycles. The summed E-state index contributed by atoms with van der Waals surface area (Å²) in [5.74, 6) is 0. The molecule has 0 unspecified atom stereocenters. The van der Waals surface area contributed by atoms with Crippen LogP contribution in [0.5, 0.6) is 0 Å². The monoisotopic (exact) mass is 345 g/mol. The van der Waals surface area contributed by atoms with Crippen LogP contribution in [0.4, 0.5) is 5.69 Å². The van der Waals surface area contributed by atoms with Crippen molar-refractivity contribution >= 4 is 43.0 Å². The molecule has 0 radical (unpaired) electrons. The van der Waals surface area contributed by atoms with Crippen molar-refractivity contribution in [3.05, 3.63) is 45.2 Å². The fourth-order valence-corrected chi connectivity index (χ4v) is 4.33. The summed E-state index contributed by atoms with van der Waals surface area (Å²) < 4.78 is 28.0. The Morgan fingerprint density at radius 1 is 1.17 bits per heavy atom. The normalized spacial score (nSPS) is 11.5. The Bertz CT molecular complexity index is 677. The average molecular weight is 346 g/mol. The molecule has 96 valence electrons. The van der Waals surface area contributed by atoms with Gasteiger partial charge in [0.15, 0.2) is 0 Å². The zero-order valence-electron chi connectivity index (χ0n) is 9.90. The Morgan fingerprint density at radius 3 is 2.50 bits per heavy atom. The largest absolute Gasteiger partial charge is 0.278 e. The van der Waals surface area contributed by atoms with Crippen LogP contribution < -0.4 is 4.72 Å². The van der Waals surface area contributed by atoms with Crippen molar-refractivity contribution in [1.82, 2.24) is 0 Å². The maximum Gasteiger partial charge on any atom is 0.271 e. The zero-order chi connectivity index (χ0) is 13.3. The summed E-state index contributed by atoms with van der Waals surface area (Å²) in [4.78, 5) is 0.971. The molecule has 0 aliphatic carbocycles. The molecule has 0 saturated carbocycles. The summed E-state index contributed by atoms with van der Waals surface area (Å²) in [6.45, 7) is 3.80. The smallest absolute Gasteiger partial charge is 0.271 e. The highest BCUT2D eigenvalue weighted by Crippen LogP contribution is 2.29. The van der Waals surface area contributed by atoms with Crippen molar-refractivity contribution in [2.45, 2.75) is 18.1 Å². The first-order valence-electron chi connectivity index (χ1n) is 5.24. The first-order valence-corrected chi connectivity index (χ1v) is 8.34. The van der Waals surface area contributed by atoms with Gasteiger partial charge >= 0.3 is 0 Å². The summed E-state index contributed by atoms with van der Waals surface area (Å²) in [5.41, 5.74) is 1.54. The molecule has 18 heavy (non-hydrogen) atoms. The quantitative estimate of drug-likeness (QED) is 0.915. The Balaban J connectivity index is 2.37. The summed E-state index contributed by atoms with van der Waals surface area (Å²) in [6, 6.07) is 8.88. The molecule has 0 bridgehead atoms. The highest BCUT2D eigenvalue weighted by molar-refractivity contribution is 9.10. The summed E-state index contributed by atoms with van der Waals surface area (Å²) in [7, 11) is -3.49. The minimum absolute atomic E-state index is 0.327. The molecule has 2 aromatic rings. The molecule has 0 spiro atoms. The number of hydrogen-bond acceptors (Lipinski definition) is 3. The van der Waals surface area contributed by atoms with E-state index in [9.17, 15) is 8.42 Å². The summed E-state index contributed by atoms with van der Waals surface area (Å²) in [6.07, 6.45) is 0. The van der Waals surface area contributed by atoms with E-state index in [4.69, 9.17) is 0 Å². The molecule has 2 rings (SSSR count). The lowest BCUT2D eigenvalue weighted by atomic mass is 10.2. The maximum absolute atomic E-state index is 12.2. The van der Waals surface area contributed by atoms with E-state index in [1.165, 1.54) is 11.3 Å². The van der Waals surface area contributed by atoms with Crippen LogP contribution in [-0.4, -0.2) is 8.42 Å². The molecule has 0 atom stereocenters. The van der Waals surface area contributed by atoms with Gasteiger partial charge in [0, 0.05) is 9.35 Å². The van der Waals surface area contributed by atoms with Gasteiger partial charge in [-0.15, -0.1) is 11.3 Å². The number of hydrogen-bond donors (Lipinski definition) is 1. The Morgan fingerprint density at radius 2 is 1.89 bits per heavy atom. The Labute approximate surface area is 119 Å². The SMILES string of the molecule is Cc1ccc(S(=O)(=O)Nc2cccc(C)c2Br)s1. The second-order valence-corrected chi connectivity index (χ2v) is 7.90. The lowest BCUT2D eigenvalue weighted by Gasteiger charge is -2.09. The lowest BCUT2D eigenvalue weighted by Crippen LogP contribution is -2.12. The number of nitrogens with one attached hydrogen (secondary N) is 1. The predicted octanol–water partition coefficient (Wildman–Crippen LogP) is 3.93. The van der Waals surface area contributed by atoms with Crippen LogP contribution in [-0.2, 0) is 10.0 Å². The van der Waals surface area contributed by atoms with Crippen LogP contribution in [0.15, 0.2) is 39.0 Å². The van der Waals surface area contributed by atoms with E-state index in [1.807, 2.05) is 26.0 Å². The molecule has 3 nitrogen and oxygen atoms in total. The molecular formula is C12H12BrNO2S2. The molecule has 0 amide bonds. The van der Waals surface area contributed by atoms with Crippen molar-refractivity contribution in [3.8, 4) is 0 Å². The first-order chi connectivity index (χ1) is 8.40. The number of benzene rings is 1. The minimum Gasteiger partial charge on any atom is -0.278 e. The number of anilines is 1. The second kappa shape index (κ2) is 5.03. The van der Waals surface area contributed by atoms with Crippen molar-refractivity contribution in [3.63, 3.8) is 0 Å². The van der Waals surface area contributed by atoms with Gasteiger partial charge < -0.3 is 0 Å². The van der Waals surface area contributed by atoms with E-state index in [2.05, 4.69) is 20.7 Å². The van der Waals surface area contributed by atoms with Crippen LogP contribution in [0, 0.1) is 13.8 Å². The molecule has 6 heteroatoms. The minimum atomic E-state index is -3.49. The maximum atomic E-state index is 12.2. The lowest BCUT2D eigenvalue weighted by molar-refractivity contribution is 0.603. The zero-order valence-corrected chi connectivity index (χ0v) is 13.1. The number of halogens is 1. The Kier molecular flexibility index (Phi) is 3.79. The molecule has 0 aliphatic heterocycles. The highest BCUT2D eigenvalue weighted by atomic mass is 79.9. The second-order valence-electron chi connectivity index (χ2n) is 3.91. The van der Waals surface area contributed by atoms with E-state index in [0.29, 0.717) is 9.90 Å². The highest BCUT2D eigenvalue weighted by Gasteiger charge is 2.17. The molecule has 1 aromatic heterocycles. The third kappa shape index (κ3) is 2.76. The van der Waals surface area contributed by atoms with Gasteiger partial charge in [-0.25, -0.2) is 8.42 Å². The van der Waals surface area contributed by atoms with E-state index in [0.717, 1.165) is 14.9 Å². The fraction of sp³-hybridized carbons (Fsp3) is 0.167. The molecule has 0 saturated heterocycles.